The molecule has 214 valence electrons. The van der Waals surface area contributed by atoms with Crippen LogP contribution in [0.15, 0.2) is 73.3 Å². The van der Waals surface area contributed by atoms with Gasteiger partial charge >= 0.3 is 12.4 Å². The maximum absolute atomic E-state index is 14.7. The Balaban J connectivity index is 1.79. The number of aliphatic hydroxyl groups is 1. The summed E-state index contributed by atoms with van der Waals surface area (Å²) in [6.07, 6.45) is -6.53. The highest BCUT2D eigenvalue weighted by Gasteiger charge is 2.42. The normalized spacial score (nSPS) is 13.5. The Hall–Kier alpha value is -4.67. The van der Waals surface area contributed by atoms with Crippen molar-refractivity contribution in [3.05, 3.63) is 112 Å². The van der Waals surface area contributed by atoms with Gasteiger partial charge in [0.15, 0.2) is 17.0 Å². The molecule has 0 saturated carbocycles. The predicted molar refractivity (Wildman–Crippen MR) is 138 cm³/mol. The number of hydrogen-bond acceptors (Lipinski definition) is 6. The minimum Gasteiger partial charge on any atom is -0.454 e. The van der Waals surface area contributed by atoms with E-state index in [4.69, 9.17) is 16.3 Å². The van der Waals surface area contributed by atoms with E-state index in [0.717, 1.165) is 24.4 Å². The standard InChI is InChI=1S/C28H16ClF6N5O2/c1-40-14-37-13-23(40)26(41,16-3-9-22(38-12-16)27(30,31)32)15-2-8-20-19(10-15)24(28(33,34)35)25(21(11-36)39-20)42-18-6-4-17(29)5-7-18/h2-10,12-14,41H,1H3. The number of fused-ring (bicyclic) bond motifs is 1. The molecule has 5 rings (SSSR count). The number of aryl methyl sites for hydroxylation is 1. The van der Waals surface area contributed by atoms with Crippen LogP contribution < -0.4 is 4.74 Å². The summed E-state index contributed by atoms with van der Waals surface area (Å²) in [5, 5.41) is 21.5. The first kappa shape index (κ1) is 28.8. The van der Waals surface area contributed by atoms with Gasteiger partial charge in [-0.2, -0.15) is 31.6 Å². The Morgan fingerprint density at radius 1 is 0.929 bits per heavy atom. The Labute approximate surface area is 238 Å². The van der Waals surface area contributed by atoms with Crippen LogP contribution in [0.5, 0.6) is 11.5 Å². The van der Waals surface area contributed by atoms with Gasteiger partial charge in [0.25, 0.3) is 0 Å². The lowest BCUT2D eigenvalue weighted by Crippen LogP contribution is -2.31. The van der Waals surface area contributed by atoms with Crippen molar-refractivity contribution in [3.8, 4) is 17.6 Å². The number of hydrogen-bond donors (Lipinski definition) is 1. The van der Waals surface area contributed by atoms with Crippen molar-refractivity contribution in [2.45, 2.75) is 18.0 Å². The van der Waals surface area contributed by atoms with Crippen molar-refractivity contribution < 1.29 is 36.2 Å². The molecule has 0 aliphatic carbocycles. The second-order valence-electron chi connectivity index (χ2n) is 9.09. The largest absolute Gasteiger partial charge is 0.454 e. The van der Waals surface area contributed by atoms with Crippen molar-refractivity contribution in [2.75, 3.05) is 0 Å². The summed E-state index contributed by atoms with van der Waals surface area (Å²) >= 11 is 5.86. The summed E-state index contributed by atoms with van der Waals surface area (Å²) < 4.78 is 90.5. The Morgan fingerprint density at radius 2 is 1.62 bits per heavy atom. The van der Waals surface area contributed by atoms with E-state index in [9.17, 15) is 36.7 Å². The average Bonchev–Trinajstić information content (AvgIpc) is 3.38. The monoisotopic (exact) mass is 603 g/mol. The highest BCUT2D eigenvalue weighted by atomic mass is 35.5. The van der Waals surface area contributed by atoms with Gasteiger partial charge in [0.1, 0.15) is 23.1 Å². The minimum atomic E-state index is -5.08. The van der Waals surface area contributed by atoms with Gasteiger partial charge < -0.3 is 14.4 Å². The summed E-state index contributed by atoms with van der Waals surface area (Å²) in [4.78, 5) is 11.4. The van der Waals surface area contributed by atoms with Crippen LogP contribution in [-0.2, 0) is 25.0 Å². The van der Waals surface area contributed by atoms with E-state index >= 15 is 0 Å². The molecule has 0 spiro atoms. The molecule has 0 saturated heterocycles. The molecular weight excluding hydrogens is 588 g/mol. The molecule has 1 N–H and O–H groups in total. The van der Waals surface area contributed by atoms with Crippen molar-refractivity contribution in [1.29, 1.82) is 5.26 Å². The molecule has 0 aliphatic heterocycles. The summed E-state index contributed by atoms with van der Waals surface area (Å²) in [6, 6.07) is 12.0. The predicted octanol–water partition coefficient (Wildman–Crippen LogP) is 7.00. The molecule has 3 heterocycles. The number of rotatable bonds is 5. The van der Waals surface area contributed by atoms with E-state index < -0.39 is 46.0 Å². The molecule has 0 amide bonds. The van der Waals surface area contributed by atoms with Crippen LogP contribution in [0.4, 0.5) is 26.3 Å². The molecular formula is C28H16ClF6N5O2. The maximum atomic E-state index is 14.7. The fraction of sp³-hybridized carbons (Fsp3) is 0.143. The van der Waals surface area contributed by atoms with E-state index in [0.29, 0.717) is 11.1 Å². The Morgan fingerprint density at radius 3 is 2.17 bits per heavy atom. The van der Waals surface area contributed by atoms with Crippen LogP contribution in [0, 0.1) is 11.3 Å². The van der Waals surface area contributed by atoms with Gasteiger partial charge in [-0.05, 0) is 48.0 Å². The third-order valence-electron chi connectivity index (χ3n) is 6.44. The lowest BCUT2D eigenvalue weighted by Gasteiger charge is -2.30. The molecule has 0 fully saturated rings. The number of pyridine rings is 2. The van der Waals surface area contributed by atoms with Gasteiger partial charge in [-0.3, -0.25) is 4.98 Å². The highest BCUT2D eigenvalue weighted by molar-refractivity contribution is 6.30. The number of imidazole rings is 1. The van der Waals surface area contributed by atoms with Crippen molar-refractivity contribution in [1.82, 2.24) is 19.5 Å². The molecule has 1 unspecified atom stereocenters. The van der Waals surface area contributed by atoms with Gasteiger partial charge in [0, 0.05) is 29.2 Å². The highest BCUT2D eigenvalue weighted by Crippen LogP contribution is 2.46. The number of nitriles is 1. The second kappa shape index (κ2) is 10.3. The lowest BCUT2D eigenvalue weighted by atomic mass is 9.83. The zero-order valence-electron chi connectivity index (χ0n) is 21.2. The first-order valence-corrected chi connectivity index (χ1v) is 12.2. The fourth-order valence-electron chi connectivity index (χ4n) is 4.49. The number of aromatic nitrogens is 4. The Bertz CT molecular complexity index is 1830. The molecule has 14 heteroatoms. The van der Waals surface area contributed by atoms with Crippen molar-refractivity contribution in [2.24, 2.45) is 7.05 Å². The van der Waals surface area contributed by atoms with Crippen molar-refractivity contribution in [3.63, 3.8) is 0 Å². The van der Waals surface area contributed by atoms with Gasteiger partial charge in [-0.15, -0.1) is 0 Å². The van der Waals surface area contributed by atoms with E-state index in [1.807, 2.05) is 0 Å². The van der Waals surface area contributed by atoms with Gasteiger partial charge in [-0.1, -0.05) is 23.7 Å². The zero-order chi connectivity index (χ0) is 30.4. The van der Waals surface area contributed by atoms with Crippen LogP contribution in [0.25, 0.3) is 10.9 Å². The Kier molecular flexibility index (Phi) is 7.08. The van der Waals surface area contributed by atoms with E-state index in [2.05, 4.69) is 15.0 Å². The summed E-state index contributed by atoms with van der Waals surface area (Å²) in [5.74, 6) is -0.932. The summed E-state index contributed by atoms with van der Waals surface area (Å²) in [7, 11) is 1.49. The van der Waals surface area contributed by atoms with E-state index in [1.54, 1.807) is 6.07 Å². The first-order valence-electron chi connectivity index (χ1n) is 11.9. The summed E-state index contributed by atoms with van der Waals surface area (Å²) in [6.45, 7) is 0. The lowest BCUT2D eigenvalue weighted by molar-refractivity contribution is -0.141. The van der Waals surface area contributed by atoms with Crippen LogP contribution in [0.1, 0.15) is 33.8 Å². The zero-order valence-corrected chi connectivity index (χ0v) is 21.9. The topological polar surface area (TPSA) is 96.9 Å². The molecule has 7 nitrogen and oxygen atoms in total. The molecule has 5 aromatic rings. The van der Waals surface area contributed by atoms with Gasteiger partial charge in [0.2, 0.25) is 0 Å². The third kappa shape index (κ3) is 5.10. The smallest absolute Gasteiger partial charge is 0.433 e. The minimum absolute atomic E-state index is 0.0243. The number of benzene rings is 2. The maximum Gasteiger partial charge on any atom is 0.433 e. The number of alkyl halides is 6. The second-order valence-corrected chi connectivity index (χ2v) is 9.53. The van der Waals surface area contributed by atoms with E-state index in [1.165, 1.54) is 54.5 Å². The summed E-state index contributed by atoms with van der Waals surface area (Å²) in [5.41, 5.74) is -6.11. The van der Waals surface area contributed by atoms with Crippen molar-refractivity contribution >= 4 is 22.5 Å². The molecule has 3 aromatic heterocycles. The SMILES string of the molecule is Cn1cncc1C(O)(c1ccc(C(F)(F)F)nc1)c1ccc2nc(C#N)c(Oc3ccc(Cl)cc3)c(C(F)(F)F)c2c1. The molecule has 0 bridgehead atoms. The quantitative estimate of drug-likeness (QED) is 0.217. The first-order chi connectivity index (χ1) is 19.7. The van der Waals surface area contributed by atoms with Crippen LogP contribution in [0.3, 0.4) is 0 Å². The molecule has 42 heavy (non-hydrogen) atoms. The van der Waals surface area contributed by atoms with Crippen LogP contribution in [0.2, 0.25) is 5.02 Å². The van der Waals surface area contributed by atoms with Crippen LogP contribution >= 0.6 is 11.6 Å². The average molecular weight is 604 g/mol. The molecule has 0 aliphatic rings. The third-order valence-corrected chi connectivity index (χ3v) is 6.69. The van der Waals surface area contributed by atoms with Gasteiger partial charge in [0.05, 0.1) is 23.7 Å². The molecule has 0 radical (unpaired) electrons. The molecule has 2 aromatic carbocycles. The van der Waals surface area contributed by atoms with Crippen LogP contribution in [-0.4, -0.2) is 24.6 Å². The van der Waals surface area contributed by atoms with E-state index in [-0.39, 0.29) is 28.1 Å². The molecule has 1 atom stereocenters. The van der Waals surface area contributed by atoms with Gasteiger partial charge in [-0.25, -0.2) is 9.97 Å². The fourth-order valence-corrected chi connectivity index (χ4v) is 4.62. The number of ether oxygens (including phenoxy) is 1. The number of halogens is 7. The number of nitrogens with zero attached hydrogens (tertiary/aromatic N) is 5.